The molecule has 0 spiro atoms. The number of carbonyl (C=O) groups excluding carboxylic acids is 1. The van der Waals surface area contributed by atoms with Gasteiger partial charge < -0.3 is 4.90 Å². The average molecular weight is 99.1 g/mol. The Morgan fingerprint density at radius 2 is 2.43 bits per heavy atom. The second-order valence-corrected chi connectivity index (χ2v) is 1.97. The molecule has 1 N–H and O–H groups in total. The van der Waals surface area contributed by atoms with E-state index in [-0.39, 0.29) is 0 Å². The van der Waals surface area contributed by atoms with Crippen LogP contribution in [0.2, 0.25) is 0 Å². The second-order valence-electron chi connectivity index (χ2n) is 1.97. The van der Waals surface area contributed by atoms with Crippen LogP contribution in [-0.2, 0) is 4.79 Å². The number of quaternary nitrogens is 1. The molecule has 1 heterocycles. The normalized spacial score (nSPS) is 31.6. The number of carbonyl (C=O) groups is 1. The van der Waals surface area contributed by atoms with E-state index in [1.165, 1.54) is 0 Å². The van der Waals surface area contributed by atoms with Crippen LogP contribution >= 0.6 is 0 Å². The molecule has 0 saturated carbocycles. The minimum Gasteiger partial charge on any atom is -0.461 e. The monoisotopic (exact) mass is 99.1 g/mol. The van der Waals surface area contributed by atoms with Gasteiger partial charge in [0.2, 0.25) is 0 Å². The maximum atomic E-state index is 10.4. The molecule has 0 aromatic carbocycles. The van der Waals surface area contributed by atoms with Crippen molar-refractivity contribution >= 4 is 5.78 Å². The van der Waals surface area contributed by atoms with Gasteiger partial charge in [-0.05, 0) is 0 Å². The lowest BCUT2D eigenvalue weighted by Gasteiger charge is -2.07. The van der Waals surface area contributed by atoms with Crippen LogP contribution in [0.15, 0.2) is 0 Å². The van der Waals surface area contributed by atoms with Crippen LogP contribution in [0.5, 0.6) is 0 Å². The first-order valence-corrected chi connectivity index (χ1v) is 2.47. The lowest BCUT2D eigenvalue weighted by molar-refractivity contribution is -0.835. The molecule has 0 bridgehead atoms. The highest BCUT2D eigenvalue weighted by molar-refractivity contribution is 5.80. The van der Waals surface area contributed by atoms with E-state index in [0.29, 0.717) is 12.3 Å². The van der Waals surface area contributed by atoms with Crippen molar-refractivity contribution in [3.63, 3.8) is 0 Å². The lowest BCUT2D eigenvalue weighted by atomic mass is 10.4. The topological polar surface area (TPSA) is 21.5 Å². The van der Waals surface area contributed by atoms with Gasteiger partial charge >= 0.3 is 0 Å². The van der Waals surface area contributed by atoms with Gasteiger partial charge in [0, 0.05) is 0 Å². The fraction of sp³-hybridized carbons (Fsp3) is 0.600. The predicted molar refractivity (Wildman–Crippen MR) is 25.7 cm³/mol. The molecule has 1 aliphatic heterocycles. The maximum absolute atomic E-state index is 10.4. The van der Waals surface area contributed by atoms with Gasteiger partial charge in [0.15, 0.2) is 5.78 Å². The number of nitrogens with one attached hydrogen (secondary N) is 1. The Labute approximate surface area is 43.1 Å². The quantitative estimate of drug-likeness (QED) is 0.372. The predicted octanol–water partition coefficient (Wildman–Crippen LogP) is -1.36. The average Bonchev–Trinajstić information content (AvgIpc) is 1.87. The lowest BCUT2D eigenvalue weighted by Crippen LogP contribution is -3.04. The molecule has 0 radical (unpaired) electrons. The SMILES string of the molecule is [CH2-][NH+]1CCC(=O)C1. The molecule has 0 aromatic rings. The van der Waals surface area contributed by atoms with E-state index in [9.17, 15) is 4.79 Å². The molecule has 0 aliphatic carbocycles. The van der Waals surface area contributed by atoms with Crippen molar-refractivity contribution in [2.45, 2.75) is 6.42 Å². The summed E-state index contributed by atoms with van der Waals surface area (Å²) in [6.07, 6.45) is 0.735. The van der Waals surface area contributed by atoms with Crippen LogP contribution < -0.4 is 4.90 Å². The largest absolute Gasteiger partial charge is 0.461 e. The van der Waals surface area contributed by atoms with Crippen LogP contribution in [0, 0.1) is 7.05 Å². The van der Waals surface area contributed by atoms with E-state index in [1.54, 1.807) is 0 Å². The van der Waals surface area contributed by atoms with Crippen LogP contribution in [0.4, 0.5) is 0 Å². The molecular formula is C5H9NO. The number of hydrogen-bond acceptors (Lipinski definition) is 1. The Morgan fingerprint density at radius 1 is 1.71 bits per heavy atom. The molecule has 7 heavy (non-hydrogen) atoms. The zero-order valence-corrected chi connectivity index (χ0v) is 4.24. The third-order valence-electron chi connectivity index (χ3n) is 1.20. The summed E-state index contributed by atoms with van der Waals surface area (Å²) in [6, 6.07) is 0. The van der Waals surface area contributed by atoms with Crippen molar-refractivity contribution in [2.75, 3.05) is 13.1 Å². The molecule has 1 saturated heterocycles. The molecule has 1 fully saturated rings. The molecule has 1 atom stereocenters. The maximum Gasteiger partial charge on any atom is 0.190 e. The summed E-state index contributed by atoms with van der Waals surface area (Å²) < 4.78 is 0. The van der Waals surface area contributed by atoms with Gasteiger partial charge in [0.05, 0.1) is 13.0 Å². The fourth-order valence-electron chi connectivity index (χ4n) is 0.772. The third kappa shape index (κ3) is 0.996. The summed E-state index contributed by atoms with van der Waals surface area (Å²) in [5.41, 5.74) is 0. The smallest absolute Gasteiger partial charge is 0.190 e. The molecule has 1 unspecified atom stereocenters. The highest BCUT2D eigenvalue weighted by Gasteiger charge is 2.14. The van der Waals surface area contributed by atoms with Crippen LogP contribution in [-0.4, -0.2) is 18.9 Å². The summed E-state index contributed by atoms with van der Waals surface area (Å²) in [7, 11) is 3.68. The molecule has 2 heteroatoms. The van der Waals surface area contributed by atoms with Crippen molar-refractivity contribution in [1.29, 1.82) is 0 Å². The fourth-order valence-corrected chi connectivity index (χ4v) is 0.772. The standard InChI is InChI=1S/C5H9NO/c1-6-3-2-5(7)4-6/h6H,1-4H2. The first-order chi connectivity index (χ1) is 3.29. The zero-order chi connectivity index (χ0) is 5.28. The van der Waals surface area contributed by atoms with Crippen molar-refractivity contribution < 1.29 is 9.69 Å². The van der Waals surface area contributed by atoms with Gasteiger partial charge in [-0.2, -0.15) is 7.05 Å². The number of likely N-dealkylation sites (tertiary alicyclic amines) is 1. The summed E-state index contributed by atoms with van der Waals surface area (Å²) >= 11 is 0. The molecule has 2 nitrogen and oxygen atoms in total. The van der Waals surface area contributed by atoms with E-state index in [4.69, 9.17) is 0 Å². The Bertz CT molecular complexity index is 90.1. The summed E-state index contributed by atoms with van der Waals surface area (Å²) in [4.78, 5) is 11.5. The Kier molecular flexibility index (Phi) is 1.11. The number of ketones is 1. The van der Waals surface area contributed by atoms with E-state index >= 15 is 0 Å². The van der Waals surface area contributed by atoms with Gasteiger partial charge in [-0.3, -0.25) is 4.79 Å². The number of Topliss-reactive ketones (excluding diaryl/α,β-unsaturated/α-hetero) is 1. The van der Waals surface area contributed by atoms with E-state index in [0.717, 1.165) is 17.9 Å². The van der Waals surface area contributed by atoms with E-state index in [1.807, 2.05) is 0 Å². The second kappa shape index (κ2) is 1.62. The Morgan fingerprint density at radius 3 is 2.57 bits per heavy atom. The van der Waals surface area contributed by atoms with Gasteiger partial charge in [0.1, 0.15) is 6.54 Å². The minimum atomic E-state index is 0.352. The third-order valence-corrected chi connectivity index (χ3v) is 1.20. The highest BCUT2D eigenvalue weighted by Crippen LogP contribution is 1.80. The van der Waals surface area contributed by atoms with Crippen molar-refractivity contribution in [3.8, 4) is 0 Å². The van der Waals surface area contributed by atoms with Gasteiger partial charge in [-0.15, -0.1) is 0 Å². The molecule has 1 aliphatic rings. The van der Waals surface area contributed by atoms with Crippen molar-refractivity contribution in [2.24, 2.45) is 0 Å². The zero-order valence-electron chi connectivity index (χ0n) is 4.24. The molecule has 0 aromatic heterocycles. The number of hydrogen-bond donors (Lipinski definition) is 1. The van der Waals surface area contributed by atoms with E-state index < -0.39 is 0 Å². The summed E-state index contributed by atoms with van der Waals surface area (Å²) in [5, 5.41) is 0. The summed E-state index contributed by atoms with van der Waals surface area (Å²) in [5.74, 6) is 0.352. The van der Waals surface area contributed by atoms with Gasteiger partial charge in [-0.25, -0.2) is 0 Å². The minimum absolute atomic E-state index is 0.352. The molecule has 40 valence electrons. The first-order valence-electron chi connectivity index (χ1n) is 2.47. The highest BCUT2D eigenvalue weighted by atomic mass is 16.1. The van der Waals surface area contributed by atoms with Crippen molar-refractivity contribution in [3.05, 3.63) is 7.05 Å². The van der Waals surface area contributed by atoms with Gasteiger partial charge in [0.25, 0.3) is 0 Å². The van der Waals surface area contributed by atoms with E-state index in [2.05, 4.69) is 7.05 Å². The summed E-state index contributed by atoms with van der Waals surface area (Å²) in [6.45, 7) is 1.57. The Balaban J connectivity index is 2.40. The van der Waals surface area contributed by atoms with Crippen LogP contribution in [0.25, 0.3) is 0 Å². The van der Waals surface area contributed by atoms with Crippen LogP contribution in [0.3, 0.4) is 0 Å². The molecule has 1 rings (SSSR count). The van der Waals surface area contributed by atoms with Crippen LogP contribution in [0.1, 0.15) is 6.42 Å². The van der Waals surface area contributed by atoms with Gasteiger partial charge in [-0.1, -0.05) is 0 Å². The Hall–Kier alpha value is -0.370. The number of rotatable bonds is 0. The first kappa shape index (κ1) is 4.78. The molecule has 0 amide bonds. The van der Waals surface area contributed by atoms with Crippen molar-refractivity contribution in [1.82, 2.24) is 0 Å². The molecular weight excluding hydrogens is 90.1 g/mol.